The highest BCUT2D eigenvalue weighted by Gasteiger charge is 2.16. The molecule has 0 saturated heterocycles. The van der Waals surface area contributed by atoms with E-state index in [-0.39, 0.29) is 11.4 Å². The van der Waals surface area contributed by atoms with E-state index in [0.717, 1.165) is 5.39 Å². The predicted octanol–water partition coefficient (Wildman–Crippen LogP) is 2.47. The van der Waals surface area contributed by atoms with Gasteiger partial charge in [-0.05, 0) is 17.5 Å². The van der Waals surface area contributed by atoms with Crippen molar-refractivity contribution in [3.05, 3.63) is 73.3 Å². The van der Waals surface area contributed by atoms with Gasteiger partial charge in [0.15, 0.2) is 0 Å². The van der Waals surface area contributed by atoms with Gasteiger partial charge in [-0.1, -0.05) is 36.4 Å². The minimum Gasteiger partial charge on any atom is -0.271 e. The number of fused-ring (bicyclic) bond motifs is 1. The number of rotatable bonds is 6. The van der Waals surface area contributed by atoms with E-state index in [1.165, 1.54) is 0 Å². The first-order valence-corrected chi connectivity index (χ1v) is 9.89. The maximum absolute atomic E-state index is 12.7. The van der Waals surface area contributed by atoms with Crippen molar-refractivity contribution in [3.63, 3.8) is 0 Å². The van der Waals surface area contributed by atoms with Crippen molar-refractivity contribution >= 4 is 20.8 Å². The van der Waals surface area contributed by atoms with E-state index in [1.54, 1.807) is 41.6 Å². The summed E-state index contributed by atoms with van der Waals surface area (Å²) in [5, 5.41) is 6.00. The summed E-state index contributed by atoms with van der Waals surface area (Å²) in [4.78, 5) is 8.50. The Hall–Kier alpha value is -3.10. The Labute approximate surface area is 156 Å². The van der Waals surface area contributed by atoms with Gasteiger partial charge < -0.3 is 0 Å². The van der Waals surface area contributed by atoms with Crippen LogP contribution in [-0.4, -0.2) is 34.7 Å². The number of benzene rings is 2. The van der Waals surface area contributed by atoms with Crippen molar-refractivity contribution in [1.82, 2.24) is 24.5 Å². The summed E-state index contributed by atoms with van der Waals surface area (Å²) in [5.74, 6) is 0. The molecule has 7 nitrogen and oxygen atoms in total. The van der Waals surface area contributed by atoms with Gasteiger partial charge in [-0.25, -0.2) is 13.1 Å². The second-order valence-corrected chi connectivity index (χ2v) is 7.67. The molecule has 0 aliphatic carbocycles. The van der Waals surface area contributed by atoms with Gasteiger partial charge in [0.2, 0.25) is 10.0 Å². The lowest BCUT2D eigenvalue weighted by Crippen LogP contribution is -2.27. The van der Waals surface area contributed by atoms with Crippen LogP contribution in [0.3, 0.4) is 0 Å². The minimum absolute atomic E-state index is 0.229. The molecule has 2 aromatic carbocycles. The SMILES string of the molecule is O=S(=O)(NCCn1ccc(-c2cnccn2)n1)c1cccc2ccccc12. The van der Waals surface area contributed by atoms with Gasteiger partial charge in [-0.3, -0.25) is 14.6 Å². The normalized spacial score (nSPS) is 11.7. The fourth-order valence-electron chi connectivity index (χ4n) is 2.86. The quantitative estimate of drug-likeness (QED) is 0.556. The Bertz CT molecular complexity index is 1170. The molecule has 0 amide bonds. The van der Waals surface area contributed by atoms with E-state index in [1.807, 2.05) is 36.4 Å². The maximum atomic E-state index is 12.7. The summed E-state index contributed by atoms with van der Waals surface area (Å²) in [7, 11) is -3.62. The fourth-order valence-corrected chi connectivity index (χ4v) is 4.11. The Morgan fingerprint density at radius 3 is 2.67 bits per heavy atom. The summed E-state index contributed by atoms with van der Waals surface area (Å²) in [6.07, 6.45) is 6.63. The number of hydrogen-bond acceptors (Lipinski definition) is 5. The zero-order chi connectivity index (χ0) is 18.7. The maximum Gasteiger partial charge on any atom is 0.241 e. The van der Waals surface area contributed by atoms with Gasteiger partial charge >= 0.3 is 0 Å². The van der Waals surface area contributed by atoms with Crippen LogP contribution in [0, 0.1) is 0 Å². The number of aromatic nitrogens is 4. The highest BCUT2D eigenvalue weighted by Crippen LogP contribution is 2.22. The summed E-state index contributed by atoms with van der Waals surface area (Å²) < 4.78 is 29.7. The van der Waals surface area contributed by atoms with E-state index >= 15 is 0 Å². The van der Waals surface area contributed by atoms with Crippen molar-refractivity contribution in [2.45, 2.75) is 11.4 Å². The summed E-state index contributed by atoms with van der Waals surface area (Å²) in [6, 6.07) is 14.5. The Balaban J connectivity index is 1.46. The van der Waals surface area contributed by atoms with Gasteiger partial charge in [0.1, 0.15) is 11.4 Å². The van der Waals surface area contributed by atoms with Crippen LogP contribution >= 0.6 is 0 Å². The molecule has 2 heterocycles. The molecule has 2 aromatic heterocycles. The largest absolute Gasteiger partial charge is 0.271 e. The molecule has 4 aromatic rings. The first-order chi connectivity index (χ1) is 13.1. The van der Waals surface area contributed by atoms with E-state index in [9.17, 15) is 8.42 Å². The standard InChI is InChI=1S/C19H17N5O2S/c25-27(26,19-7-3-5-15-4-1-2-6-16(15)19)22-11-13-24-12-8-17(23-24)18-14-20-9-10-21-18/h1-10,12,14,22H,11,13H2. The van der Waals surface area contributed by atoms with Crippen LogP contribution in [0.15, 0.2) is 78.2 Å². The number of sulfonamides is 1. The molecule has 136 valence electrons. The van der Waals surface area contributed by atoms with Crippen LogP contribution in [0.1, 0.15) is 0 Å². The summed E-state index contributed by atoms with van der Waals surface area (Å²) >= 11 is 0. The van der Waals surface area contributed by atoms with E-state index in [0.29, 0.717) is 23.3 Å². The molecule has 4 rings (SSSR count). The third-order valence-electron chi connectivity index (χ3n) is 4.14. The monoisotopic (exact) mass is 379 g/mol. The van der Waals surface area contributed by atoms with Gasteiger partial charge in [-0.2, -0.15) is 5.10 Å². The average Bonchev–Trinajstić information content (AvgIpc) is 3.17. The van der Waals surface area contributed by atoms with Gasteiger partial charge in [0.25, 0.3) is 0 Å². The van der Waals surface area contributed by atoms with E-state index in [2.05, 4.69) is 19.8 Å². The third kappa shape index (κ3) is 3.71. The topological polar surface area (TPSA) is 89.8 Å². The fraction of sp³-hybridized carbons (Fsp3) is 0.105. The molecule has 0 atom stereocenters. The van der Waals surface area contributed by atoms with Crippen molar-refractivity contribution in [3.8, 4) is 11.4 Å². The van der Waals surface area contributed by atoms with E-state index in [4.69, 9.17) is 0 Å². The molecule has 0 saturated carbocycles. The van der Waals surface area contributed by atoms with Crippen LogP contribution in [-0.2, 0) is 16.6 Å². The lowest BCUT2D eigenvalue weighted by Gasteiger charge is -2.09. The highest BCUT2D eigenvalue weighted by atomic mass is 32.2. The molecular formula is C19H17N5O2S. The Kier molecular flexibility index (Phi) is 4.66. The van der Waals surface area contributed by atoms with Crippen LogP contribution in [0.4, 0.5) is 0 Å². The molecule has 0 aliphatic heterocycles. The third-order valence-corrected chi connectivity index (χ3v) is 5.66. The minimum atomic E-state index is -3.62. The molecule has 0 spiro atoms. The van der Waals surface area contributed by atoms with Crippen molar-refractivity contribution in [2.75, 3.05) is 6.54 Å². The van der Waals surface area contributed by atoms with Gasteiger partial charge in [0, 0.05) is 30.5 Å². The molecule has 0 unspecified atom stereocenters. The van der Waals surface area contributed by atoms with Crippen molar-refractivity contribution < 1.29 is 8.42 Å². The number of hydrogen-bond donors (Lipinski definition) is 1. The molecule has 0 radical (unpaired) electrons. The molecule has 0 fully saturated rings. The molecule has 27 heavy (non-hydrogen) atoms. The van der Waals surface area contributed by atoms with Crippen molar-refractivity contribution in [2.24, 2.45) is 0 Å². The molecule has 0 aliphatic rings. The van der Waals surface area contributed by atoms with E-state index < -0.39 is 10.0 Å². The number of nitrogens with one attached hydrogen (secondary N) is 1. The Morgan fingerprint density at radius 2 is 1.81 bits per heavy atom. The summed E-state index contributed by atoms with van der Waals surface area (Å²) in [6.45, 7) is 0.636. The smallest absolute Gasteiger partial charge is 0.241 e. The molecule has 0 bridgehead atoms. The van der Waals surface area contributed by atoms with Gasteiger partial charge in [-0.15, -0.1) is 0 Å². The number of nitrogens with zero attached hydrogens (tertiary/aromatic N) is 4. The second-order valence-electron chi connectivity index (χ2n) is 5.93. The average molecular weight is 379 g/mol. The van der Waals surface area contributed by atoms with Crippen LogP contribution in [0.2, 0.25) is 0 Å². The molecule has 1 N–H and O–H groups in total. The summed E-state index contributed by atoms with van der Waals surface area (Å²) in [5.41, 5.74) is 1.37. The zero-order valence-corrected chi connectivity index (χ0v) is 15.2. The van der Waals surface area contributed by atoms with Crippen LogP contribution < -0.4 is 4.72 Å². The van der Waals surface area contributed by atoms with Crippen LogP contribution in [0.25, 0.3) is 22.2 Å². The lowest BCUT2D eigenvalue weighted by atomic mass is 10.1. The lowest BCUT2D eigenvalue weighted by molar-refractivity contribution is 0.562. The van der Waals surface area contributed by atoms with Crippen LogP contribution in [0.5, 0.6) is 0 Å². The second kappa shape index (κ2) is 7.26. The van der Waals surface area contributed by atoms with Gasteiger partial charge in [0.05, 0.1) is 17.6 Å². The molecule has 8 heteroatoms. The van der Waals surface area contributed by atoms with Crippen molar-refractivity contribution in [1.29, 1.82) is 0 Å². The Morgan fingerprint density at radius 1 is 0.963 bits per heavy atom. The zero-order valence-electron chi connectivity index (χ0n) is 14.4. The highest BCUT2D eigenvalue weighted by molar-refractivity contribution is 7.89. The first-order valence-electron chi connectivity index (χ1n) is 8.41. The first kappa shape index (κ1) is 17.3. The molecular weight excluding hydrogens is 362 g/mol. The predicted molar refractivity (Wildman–Crippen MR) is 102 cm³/mol.